The second kappa shape index (κ2) is 12.1. The summed E-state index contributed by atoms with van der Waals surface area (Å²) in [5.41, 5.74) is 1.65. The van der Waals surface area contributed by atoms with Crippen LogP contribution in [0.3, 0.4) is 0 Å². The number of aromatic carboxylic acids is 1. The van der Waals surface area contributed by atoms with E-state index in [2.05, 4.69) is 9.97 Å². The summed E-state index contributed by atoms with van der Waals surface area (Å²) < 4.78 is 5.14. The third-order valence-electron chi connectivity index (χ3n) is 6.47. The molecule has 0 radical (unpaired) electrons. The van der Waals surface area contributed by atoms with Crippen LogP contribution in [0.15, 0.2) is 60.9 Å². The first kappa shape index (κ1) is 26.5. The minimum atomic E-state index is -1.03. The Morgan fingerprint density at radius 3 is 2.26 bits per heavy atom. The zero-order chi connectivity index (χ0) is 27.1. The number of rotatable bonds is 10. The molecule has 1 saturated heterocycles. The highest BCUT2D eigenvalue weighted by atomic mass is 16.6. The number of hydrogen-bond donors (Lipinski definition) is 1. The van der Waals surface area contributed by atoms with Gasteiger partial charge in [0, 0.05) is 26.2 Å². The van der Waals surface area contributed by atoms with E-state index < -0.39 is 10.9 Å². The van der Waals surface area contributed by atoms with Crippen molar-refractivity contribution in [2.24, 2.45) is 5.92 Å². The maximum atomic E-state index is 12.4. The smallest absolute Gasteiger partial charge is 0.353 e. The lowest BCUT2D eigenvalue weighted by Crippen LogP contribution is -2.38. The Morgan fingerprint density at radius 1 is 1.05 bits per heavy atom. The SMILES string of the molecule is CCOC(=O)C1CCN(c2ncnc(N(Cc3ccccc3)Cc3ccc(C(=O)O)cc3)c2[N+](=O)[O-])CC1. The maximum Gasteiger partial charge on any atom is 0.353 e. The van der Waals surface area contributed by atoms with Gasteiger partial charge in [-0.3, -0.25) is 14.9 Å². The molecule has 0 bridgehead atoms. The molecule has 11 nitrogen and oxygen atoms in total. The van der Waals surface area contributed by atoms with Crippen molar-refractivity contribution in [1.29, 1.82) is 0 Å². The van der Waals surface area contributed by atoms with Crippen LogP contribution in [0.4, 0.5) is 17.3 Å². The molecule has 0 aliphatic carbocycles. The third-order valence-corrected chi connectivity index (χ3v) is 6.47. The van der Waals surface area contributed by atoms with Gasteiger partial charge in [0.25, 0.3) is 0 Å². The minimum absolute atomic E-state index is 0.157. The minimum Gasteiger partial charge on any atom is -0.478 e. The molecule has 1 N–H and O–H groups in total. The molecule has 1 fully saturated rings. The number of nitrogens with zero attached hydrogens (tertiary/aromatic N) is 5. The van der Waals surface area contributed by atoms with Gasteiger partial charge in [-0.15, -0.1) is 0 Å². The number of ether oxygens (including phenoxy) is 1. The molecule has 11 heteroatoms. The fraction of sp³-hybridized carbons (Fsp3) is 0.333. The Labute approximate surface area is 219 Å². The highest BCUT2D eigenvalue weighted by Crippen LogP contribution is 2.37. The Hall–Kier alpha value is -4.54. The van der Waals surface area contributed by atoms with E-state index in [-0.39, 0.29) is 41.3 Å². The van der Waals surface area contributed by atoms with Crippen LogP contribution in [0, 0.1) is 16.0 Å². The number of benzene rings is 2. The first-order valence-corrected chi connectivity index (χ1v) is 12.4. The maximum absolute atomic E-state index is 12.4. The fourth-order valence-corrected chi connectivity index (χ4v) is 4.56. The molecule has 38 heavy (non-hydrogen) atoms. The quantitative estimate of drug-likeness (QED) is 0.237. The lowest BCUT2D eigenvalue weighted by atomic mass is 9.97. The van der Waals surface area contributed by atoms with Gasteiger partial charge in [-0.25, -0.2) is 14.8 Å². The molecule has 198 valence electrons. The van der Waals surface area contributed by atoms with Crippen molar-refractivity contribution >= 4 is 29.3 Å². The molecule has 2 heterocycles. The van der Waals surface area contributed by atoms with E-state index in [0.717, 1.165) is 11.1 Å². The van der Waals surface area contributed by atoms with Crippen molar-refractivity contribution in [3.05, 3.63) is 87.7 Å². The fourth-order valence-electron chi connectivity index (χ4n) is 4.56. The van der Waals surface area contributed by atoms with Crippen LogP contribution >= 0.6 is 0 Å². The number of carbonyl (C=O) groups excluding carboxylic acids is 1. The summed E-state index contributed by atoms with van der Waals surface area (Å²) in [5.74, 6) is -1.14. The molecule has 1 aliphatic heterocycles. The molecule has 3 aromatic rings. The zero-order valence-corrected chi connectivity index (χ0v) is 21.0. The molecule has 1 aromatic heterocycles. The van der Waals surface area contributed by atoms with Crippen molar-refractivity contribution in [1.82, 2.24) is 9.97 Å². The summed E-state index contributed by atoms with van der Waals surface area (Å²) in [5, 5.41) is 21.6. The first-order chi connectivity index (χ1) is 18.4. The van der Waals surface area contributed by atoms with E-state index in [0.29, 0.717) is 39.1 Å². The predicted molar refractivity (Wildman–Crippen MR) is 140 cm³/mol. The van der Waals surface area contributed by atoms with E-state index >= 15 is 0 Å². The number of piperidine rings is 1. The molecular formula is C27H29N5O6. The predicted octanol–water partition coefficient (Wildman–Crippen LogP) is 4.07. The van der Waals surface area contributed by atoms with Gasteiger partial charge in [0.15, 0.2) is 0 Å². The van der Waals surface area contributed by atoms with Crippen LogP contribution in [0.25, 0.3) is 0 Å². The molecule has 0 atom stereocenters. The molecule has 0 spiro atoms. The summed E-state index contributed by atoms with van der Waals surface area (Å²) in [6.45, 7) is 3.53. The molecule has 0 saturated carbocycles. The largest absolute Gasteiger partial charge is 0.478 e. The van der Waals surface area contributed by atoms with Crippen molar-refractivity contribution in [3.8, 4) is 0 Å². The lowest BCUT2D eigenvalue weighted by Gasteiger charge is -2.32. The van der Waals surface area contributed by atoms with Crippen LogP contribution in [-0.2, 0) is 22.6 Å². The number of carboxylic acid groups (broad SMARTS) is 1. The third kappa shape index (κ3) is 6.23. The monoisotopic (exact) mass is 519 g/mol. The average Bonchev–Trinajstić information content (AvgIpc) is 2.93. The number of nitro groups is 1. The molecule has 1 aliphatic rings. The second-order valence-corrected chi connectivity index (χ2v) is 8.98. The van der Waals surface area contributed by atoms with Crippen LogP contribution in [0.2, 0.25) is 0 Å². The van der Waals surface area contributed by atoms with Crippen molar-refractivity contribution in [2.45, 2.75) is 32.9 Å². The standard InChI is InChI=1S/C27H29N5O6/c1-2-38-27(35)22-12-14-30(15-13-22)24-23(32(36)37)25(29-18-28-24)31(16-19-6-4-3-5-7-19)17-20-8-10-21(11-9-20)26(33)34/h3-11,18,22H,2,12-17H2,1H3,(H,33,34). The van der Waals surface area contributed by atoms with Gasteiger partial charge in [0.1, 0.15) is 6.33 Å². The van der Waals surface area contributed by atoms with Gasteiger partial charge in [-0.1, -0.05) is 42.5 Å². The van der Waals surface area contributed by atoms with E-state index in [1.54, 1.807) is 24.0 Å². The summed E-state index contributed by atoms with van der Waals surface area (Å²) in [6.07, 6.45) is 2.35. The van der Waals surface area contributed by atoms with Gasteiger partial charge in [0.05, 0.1) is 23.0 Å². The number of esters is 1. The topological polar surface area (TPSA) is 139 Å². The van der Waals surface area contributed by atoms with Crippen LogP contribution in [0.5, 0.6) is 0 Å². The Bertz CT molecular complexity index is 1280. The Morgan fingerprint density at radius 2 is 1.68 bits per heavy atom. The van der Waals surface area contributed by atoms with E-state index in [1.807, 2.05) is 35.2 Å². The van der Waals surface area contributed by atoms with Gasteiger partial charge >= 0.3 is 17.6 Å². The van der Waals surface area contributed by atoms with Gasteiger partial charge < -0.3 is 19.6 Å². The molecule has 2 aromatic carbocycles. The van der Waals surface area contributed by atoms with Crippen LogP contribution < -0.4 is 9.80 Å². The van der Waals surface area contributed by atoms with E-state index in [4.69, 9.17) is 4.74 Å². The van der Waals surface area contributed by atoms with E-state index in [9.17, 15) is 24.8 Å². The van der Waals surface area contributed by atoms with Crippen molar-refractivity contribution in [2.75, 3.05) is 29.5 Å². The van der Waals surface area contributed by atoms with Gasteiger partial charge in [0.2, 0.25) is 11.6 Å². The summed E-state index contributed by atoms with van der Waals surface area (Å²) >= 11 is 0. The number of aromatic nitrogens is 2. The van der Waals surface area contributed by atoms with Gasteiger partial charge in [-0.05, 0) is 43.0 Å². The van der Waals surface area contributed by atoms with Crippen molar-refractivity contribution < 1.29 is 24.4 Å². The summed E-state index contributed by atoms with van der Waals surface area (Å²) in [4.78, 5) is 47.6. The number of hydrogen-bond acceptors (Lipinski definition) is 9. The second-order valence-electron chi connectivity index (χ2n) is 8.98. The lowest BCUT2D eigenvalue weighted by molar-refractivity contribution is -0.383. The highest BCUT2D eigenvalue weighted by Gasteiger charge is 2.34. The zero-order valence-electron chi connectivity index (χ0n) is 21.0. The highest BCUT2D eigenvalue weighted by molar-refractivity contribution is 5.87. The average molecular weight is 520 g/mol. The molecule has 0 amide bonds. The Kier molecular flexibility index (Phi) is 8.47. The number of carbonyl (C=O) groups is 2. The summed E-state index contributed by atoms with van der Waals surface area (Å²) in [6, 6.07) is 15.9. The molecule has 0 unspecified atom stereocenters. The van der Waals surface area contributed by atoms with E-state index in [1.165, 1.54) is 18.5 Å². The molecule has 4 rings (SSSR count). The normalized spacial score (nSPS) is 13.7. The number of anilines is 2. The Balaban J connectivity index is 1.66. The summed E-state index contributed by atoms with van der Waals surface area (Å²) in [7, 11) is 0. The van der Waals surface area contributed by atoms with Crippen LogP contribution in [-0.4, -0.2) is 51.6 Å². The van der Waals surface area contributed by atoms with Crippen LogP contribution in [0.1, 0.15) is 41.3 Å². The number of carboxylic acids is 1. The van der Waals surface area contributed by atoms with Gasteiger partial charge in [-0.2, -0.15) is 0 Å². The molecular weight excluding hydrogens is 490 g/mol. The first-order valence-electron chi connectivity index (χ1n) is 12.4. The van der Waals surface area contributed by atoms with Crippen molar-refractivity contribution in [3.63, 3.8) is 0 Å².